The number of carbonyl (C=O) groups is 2. The van der Waals surface area contributed by atoms with Crippen LogP contribution in [0.15, 0.2) is 84.0 Å². The van der Waals surface area contributed by atoms with Gasteiger partial charge in [-0.15, -0.1) is 0 Å². The van der Waals surface area contributed by atoms with Crippen molar-refractivity contribution < 1.29 is 59.9 Å². The molecule has 268 valence electrons. The smallest absolute Gasteiger partial charge is 0.286 e. The first-order chi connectivity index (χ1) is 24.6. The number of ketones is 2. The van der Waals surface area contributed by atoms with E-state index in [2.05, 4.69) is 0 Å². The highest BCUT2D eigenvalue weighted by Crippen LogP contribution is 2.61. The minimum absolute atomic E-state index is 0.0101. The van der Waals surface area contributed by atoms with Gasteiger partial charge in [0.15, 0.2) is 5.78 Å². The number of phenols is 7. The summed E-state index contributed by atoms with van der Waals surface area (Å²) in [6.45, 7) is 5.32. The van der Waals surface area contributed by atoms with E-state index in [1.807, 2.05) is 0 Å². The summed E-state index contributed by atoms with van der Waals surface area (Å²) in [6.07, 6.45) is 3.30. The van der Waals surface area contributed by atoms with E-state index in [1.54, 1.807) is 32.9 Å². The third-order valence-electron chi connectivity index (χ3n) is 10.2. The molecular formula is C40H36O12. The molecule has 0 saturated carbocycles. The van der Waals surface area contributed by atoms with E-state index in [1.165, 1.54) is 42.5 Å². The Hall–Kier alpha value is -6.14. The van der Waals surface area contributed by atoms with Crippen molar-refractivity contribution in [2.45, 2.75) is 56.8 Å². The Morgan fingerprint density at radius 3 is 2.15 bits per heavy atom. The number of Topliss-reactive ketones (excluding diaryl/α,β-unsaturated/α-hetero) is 2. The van der Waals surface area contributed by atoms with E-state index in [9.17, 15) is 50.4 Å². The first-order valence-corrected chi connectivity index (χ1v) is 16.5. The topological polar surface area (TPSA) is 214 Å². The number of carbonyl (C=O) groups excluding carboxylic acids is 2. The number of hydrogen-bond donors (Lipinski definition) is 8. The minimum Gasteiger partial charge on any atom is -0.508 e. The molecule has 8 N–H and O–H groups in total. The number of rotatable bonds is 6. The number of aliphatic hydroxyl groups is 1. The van der Waals surface area contributed by atoms with Gasteiger partial charge in [0.1, 0.15) is 57.3 Å². The fourth-order valence-electron chi connectivity index (χ4n) is 7.82. The van der Waals surface area contributed by atoms with Crippen molar-refractivity contribution in [2.24, 2.45) is 5.92 Å². The molecule has 0 bridgehead atoms. The molecule has 2 aliphatic heterocycles. The molecule has 3 aliphatic rings. The van der Waals surface area contributed by atoms with Gasteiger partial charge in [0, 0.05) is 54.0 Å². The fraction of sp³-hybridized carbons (Fsp3) is 0.250. The Morgan fingerprint density at radius 2 is 1.48 bits per heavy atom. The zero-order chi connectivity index (χ0) is 37.4. The highest BCUT2D eigenvalue weighted by molar-refractivity contribution is 6.10. The number of fused-ring (bicyclic) bond motifs is 4. The number of hydrogen-bond acceptors (Lipinski definition) is 12. The van der Waals surface area contributed by atoms with Crippen LogP contribution < -0.4 is 9.47 Å². The van der Waals surface area contributed by atoms with Crippen LogP contribution in [0.25, 0.3) is 0 Å². The van der Waals surface area contributed by atoms with E-state index < -0.39 is 69.3 Å². The van der Waals surface area contributed by atoms with Gasteiger partial charge < -0.3 is 50.3 Å². The summed E-state index contributed by atoms with van der Waals surface area (Å²) in [7, 11) is 0. The van der Waals surface area contributed by atoms with E-state index in [0.717, 1.165) is 23.8 Å². The van der Waals surface area contributed by atoms with Crippen molar-refractivity contribution in [3.8, 4) is 51.7 Å². The van der Waals surface area contributed by atoms with Gasteiger partial charge in [-0.25, -0.2) is 0 Å². The molecule has 0 saturated heterocycles. The summed E-state index contributed by atoms with van der Waals surface area (Å²) in [5.74, 6) is -10.8. The lowest BCUT2D eigenvalue weighted by Crippen LogP contribution is -2.62. The van der Waals surface area contributed by atoms with E-state index >= 15 is 0 Å². The zero-order valence-electron chi connectivity index (χ0n) is 28.3. The second-order valence-corrected chi connectivity index (χ2v) is 13.9. The van der Waals surface area contributed by atoms with Crippen molar-refractivity contribution >= 4 is 11.6 Å². The number of ether oxygens (including phenoxy) is 2. The molecule has 12 nitrogen and oxygen atoms in total. The second kappa shape index (κ2) is 12.0. The molecule has 4 aromatic rings. The molecule has 0 radical (unpaired) electrons. The van der Waals surface area contributed by atoms with Crippen LogP contribution in [-0.4, -0.2) is 58.0 Å². The maximum atomic E-state index is 14.8. The Balaban J connectivity index is 1.49. The molecule has 1 aliphatic carbocycles. The Morgan fingerprint density at radius 1 is 0.827 bits per heavy atom. The SMILES string of the molecule is CC(C)=CC[C@@]12Oc3cc(O)ccc3[C@]1(O)Oc1c(c(O)cc(O)c1[C@H]1C=C(C)C[C@H](c3ccc(O)cc3O)[C@H]1C(=O)c1ccc(O)cc1O)C2=O. The minimum atomic E-state index is -2.57. The lowest BCUT2D eigenvalue weighted by atomic mass is 9.64. The van der Waals surface area contributed by atoms with Crippen LogP contribution in [-0.2, 0) is 5.79 Å². The van der Waals surface area contributed by atoms with Crippen LogP contribution in [0.5, 0.6) is 51.7 Å². The normalized spacial score (nSPS) is 24.4. The van der Waals surface area contributed by atoms with Crippen molar-refractivity contribution in [1.82, 2.24) is 0 Å². The van der Waals surface area contributed by atoms with Crippen molar-refractivity contribution in [1.29, 1.82) is 0 Å². The lowest BCUT2D eigenvalue weighted by Gasteiger charge is -2.44. The Bertz CT molecular complexity index is 2250. The Kier molecular flexibility index (Phi) is 7.91. The van der Waals surface area contributed by atoms with Crippen LogP contribution in [0, 0.1) is 5.92 Å². The summed E-state index contributed by atoms with van der Waals surface area (Å²) >= 11 is 0. The molecule has 52 heavy (non-hydrogen) atoms. The fourth-order valence-corrected chi connectivity index (χ4v) is 7.82. The van der Waals surface area contributed by atoms with Gasteiger partial charge in [-0.2, -0.15) is 0 Å². The molecule has 2 heterocycles. The van der Waals surface area contributed by atoms with Crippen LogP contribution in [0.1, 0.15) is 82.9 Å². The van der Waals surface area contributed by atoms with E-state index in [0.29, 0.717) is 5.57 Å². The van der Waals surface area contributed by atoms with Crippen molar-refractivity contribution in [3.05, 3.63) is 112 Å². The molecule has 0 unspecified atom stereocenters. The number of phenolic OH excluding ortho intramolecular Hbond substituents is 7. The zero-order valence-corrected chi connectivity index (χ0v) is 28.3. The van der Waals surface area contributed by atoms with Crippen LogP contribution in [0.4, 0.5) is 0 Å². The van der Waals surface area contributed by atoms with Crippen molar-refractivity contribution in [3.63, 3.8) is 0 Å². The predicted octanol–water partition coefficient (Wildman–Crippen LogP) is 6.25. The number of aromatic hydroxyl groups is 7. The molecule has 12 heteroatoms. The average molecular weight is 709 g/mol. The molecular weight excluding hydrogens is 672 g/mol. The summed E-state index contributed by atoms with van der Waals surface area (Å²) < 4.78 is 12.6. The predicted molar refractivity (Wildman–Crippen MR) is 185 cm³/mol. The summed E-state index contributed by atoms with van der Waals surface area (Å²) in [5.41, 5.74) is -1.26. The lowest BCUT2D eigenvalue weighted by molar-refractivity contribution is -0.221. The molecule has 0 aromatic heterocycles. The maximum absolute atomic E-state index is 14.8. The van der Waals surface area contributed by atoms with Crippen LogP contribution >= 0.6 is 0 Å². The summed E-state index contributed by atoms with van der Waals surface area (Å²) in [4.78, 5) is 29.5. The van der Waals surface area contributed by atoms with Crippen LogP contribution in [0.2, 0.25) is 0 Å². The van der Waals surface area contributed by atoms with Crippen LogP contribution in [0.3, 0.4) is 0 Å². The first kappa shape index (κ1) is 34.3. The quantitative estimate of drug-likeness (QED) is 0.0824. The van der Waals surface area contributed by atoms with Gasteiger partial charge in [0.2, 0.25) is 11.4 Å². The molecule has 0 amide bonds. The van der Waals surface area contributed by atoms with Gasteiger partial charge >= 0.3 is 0 Å². The summed E-state index contributed by atoms with van der Waals surface area (Å²) in [6, 6.07) is 12.1. The molecule has 0 fully saturated rings. The van der Waals surface area contributed by atoms with Crippen molar-refractivity contribution in [2.75, 3.05) is 0 Å². The molecule has 0 spiro atoms. The monoisotopic (exact) mass is 708 g/mol. The highest BCUT2D eigenvalue weighted by atomic mass is 16.7. The van der Waals surface area contributed by atoms with Gasteiger partial charge in [-0.1, -0.05) is 29.4 Å². The molecule has 4 aromatic carbocycles. The third-order valence-corrected chi connectivity index (χ3v) is 10.2. The largest absolute Gasteiger partial charge is 0.508 e. The van der Waals surface area contributed by atoms with Gasteiger partial charge in [0.05, 0.1) is 11.1 Å². The van der Waals surface area contributed by atoms with E-state index in [4.69, 9.17) is 9.47 Å². The van der Waals surface area contributed by atoms with E-state index in [-0.39, 0.29) is 63.8 Å². The molecule has 7 rings (SSSR count). The third kappa shape index (κ3) is 5.09. The number of allylic oxidation sites excluding steroid dienone is 3. The maximum Gasteiger partial charge on any atom is 0.286 e. The second-order valence-electron chi connectivity index (χ2n) is 13.9. The Labute approximate surface area is 297 Å². The highest BCUT2D eigenvalue weighted by Gasteiger charge is 2.70. The van der Waals surface area contributed by atoms with Gasteiger partial charge in [0.25, 0.3) is 5.79 Å². The van der Waals surface area contributed by atoms with Gasteiger partial charge in [-0.05, 0) is 63.1 Å². The standard InChI is InChI=1S/C40H36O12/c1-18(2)10-11-39-38(49)35-31(47)17-30(46)34(37(35)52-40(39,50)27-9-6-22(43)16-32(27)51-39)26-13-19(3)12-25(23-7-4-20(41)14-28(23)44)33(26)36(48)24-8-5-21(42)15-29(24)45/h4-10,13-17,25-26,33,41-47,50H,11-12H2,1-3H3/t25-,26+,33-,39+,40+/m1/s1. The van der Waals surface area contributed by atoms with Gasteiger partial charge in [-0.3, -0.25) is 9.59 Å². The number of benzene rings is 4. The first-order valence-electron chi connectivity index (χ1n) is 16.5. The molecule has 5 atom stereocenters. The average Bonchev–Trinajstić information content (AvgIpc) is 3.30. The summed E-state index contributed by atoms with van der Waals surface area (Å²) in [5, 5.41) is 87.7.